The molecular weight excluding hydrogens is 272 g/mol. The van der Waals surface area contributed by atoms with Gasteiger partial charge in [0.25, 0.3) is 0 Å². The van der Waals surface area contributed by atoms with Crippen LogP contribution < -0.4 is 5.73 Å². The molecule has 2 aliphatic rings. The van der Waals surface area contributed by atoms with E-state index in [2.05, 4.69) is 18.4 Å². The largest absolute Gasteiger partial charge is 0.379 e. The summed E-state index contributed by atoms with van der Waals surface area (Å²) >= 11 is 1.80. The van der Waals surface area contributed by atoms with Gasteiger partial charge in [-0.2, -0.15) is 0 Å². The van der Waals surface area contributed by atoms with E-state index in [1.54, 1.807) is 11.3 Å². The molecule has 0 saturated carbocycles. The molecule has 1 fully saturated rings. The Morgan fingerprint density at radius 2 is 2.45 bits per heavy atom. The molecule has 3 rings (SSSR count). The highest BCUT2D eigenvalue weighted by Crippen LogP contribution is 2.39. The average molecular weight is 294 g/mol. The minimum absolute atomic E-state index is 0.159. The molecule has 4 nitrogen and oxygen atoms in total. The molecule has 0 aliphatic carbocycles. The Bertz CT molecular complexity index is 516. The van der Waals surface area contributed by atoms with Gasteiger partial charge in [-0.05, 0) is 36.8 Å². The van der Waals surface area contributed by atoms with E-state index in [-0.39, 0.29) is 18.0 Å². The van der Waals surface area contributed by atoms with Crippen molar-refractivity contribution in [1.29, 1.82) is 0 Å². The summed E-state index contributed by atoms with van der Waals surface area (Å²) in [4.78, 5) is 16.5. The third-order valence-corrected chi connectivity index (χ3v) is 5.75. The topological polar surface area (TPSA) is 55.6 Å². The third kappa shape index (κ3) is 2.00. The third-order valence-electron chi connectivity index (χ3n) is 4.75. The highest BCUT2D eigenvalue weighted by Gasteiger charge is 2.48. The molecule has 1 aromatic heterocycles. The highest BCUT2D eigenvalue weighted by atomic mass is 32.1. The van der Waals surface area contributed by atoms with Crippen LogP contribution >= 0.6 is 11.3 Å². The van der Waals surface area contributed by atoms with Gasteiger partial charge < -0.3 is 15.4 Å². The molecule has 0 bridgehead atoms. The molecular formula is C15H22N2O2S. The van der Waals surface area contributed by atoms with Crippen LogP contribution in [0.2, 0.25) is 0 Å². The van der Waals surface area contributed by atoms with Crippen molar-refractivity contribution >= 4 is 17.2 Å². The second-order valence-electron chi connectivity index (χ2n) is 6.01. The van der Waals surface area contributed by atoms with E-state index in [0.29, 0.717) is 13.2 Å². The van der Waals surface area contributed by atoms with Gasteiger partial charge in [0.1, 0.15) is 0 Å². The quantitative estimate of drug-likeness (QED) is 0.907. The lowest BCUT2D eigenvalue weighted by molar-refractivity contribution is -0.145. The van der Waals surface area contributed by atoms with E-state index < -0.39 is 5.41 Å². The zero-order valence-corrected chi connectivity index (χ0v) is 12.9. The Morgan fingerprint density at radius 3 is 3.10 bits per heavy atom. The van der Waals surface area contributed by atoms with E-state index in [0.717, 1.165) is 19.4 Å². The van der Waals surface area contributed by atoms with Crippen LogP contribution in [0.1, 0.15) is 36.8 Å². The molecule has 0 radical (unpaired) electrons. The van der Waals surface area contributed by atoms with Crippen LogP contribution in [0.4, 0.5) is 0 Å². The molecule has 2 aliphatic heterocycles. The van der Waals surface area contributed by atoms with Crippen LogP contribution in [0.15, 0.2) is 11.4 Å². The van der Waals surface area contributed by atoms with Gasteiger partial charge >= 0.3 is 0 Å². The van der Waals surface area contributed by atoms with Crippen molar-refractivity contribution in [3.63, 3.8) is 0 Å². The van der Waals surface area contributed by atoms with Crippen LogP contribution in [0, 0.1) is 5.41 Å². The van der Waals surface area contributed by atoms with Crippen molar-refractivity contribution in [2.45, 2.75) is 38.8 Å². The Labute approximate surface area is 123 Å². The predicted octanol–water partition coefficient (Wildman–Crippen LogP) is 1.95. The van der Waals surface area contributed by atoms with E-state index in [4.69, 9.17) is 10.5 Å². The first-order valence-electron chi connectivity index (χ1n) is 7.28. The maximum atomic E-state index is 13.0. The first-order chi connectivity index (χ1) is 9.58. The Hall–Kier alpha value is -0.910. The summed E-state index contributed by atoms with van der Waals surface area (Å²) in [6.45, 7) is 5.81. The van der Waals surface area contributed by atoms with Gasteiger partial charge in [0.15, 0.2) is 0 Å². The lowest BCUT2D eigenvalue weighted by Crippen LogP contribution is -2.53. The summed E-state index contributed by atoms with van der Waals surface area (Å²) in [5.74, 6) is 0.159. The number of hydrogen-bond acceptors (Lipinski definition) is 4. The number of thiophene rings is 1. The molecule has 3 unspecified atom stereocenters. The number of nitrogens with two attached hydrogens (primary N) is 1. The van der Waals surface area contributed by atoms with E-state index in [1.807, 2.05) is 11.8 Å². The van der Waals surface area contributed by atoms with E-state index in [9.17, 15) is 4.79 Å². The van der Waals surface area contributed by atoms with Gasteiger partial charge in [-0.15, -0.1) is 11.3 Å². The zero-order valence-electron chi connectivity index (χ0n) is 12.1. The summed E-state index contributed by atoms with van der Waals surface area (Å²) in [6.07, 6.45) is 1.91. The standard InChI is InChI=1S/C15H22N2O2S/c1-3-11-10-5-7-20-12(10)4-6-17(11)14(18)15(2)9-19-8-13(15)16/h5,7,11,13H,3-4,6,8-9,16H2,1-2H3. The Balaban J connectivity index is 1.89. The molecule has 110 valence electrons. The van der Waals surface area contributed by atoms with Crippen molar-refractivity contribution in [3.8, 4) is 0 Å². The summed E-state index contributed by atoms with van der Waals surface area (Å²) in [7, 11) is 0. The second kappa shape index (κ2) is 5.13. The van der Waals surface area contributed by atoms with Gasteiger partial charge in [-0.25, -0.2) is 0 Å². The number of nitrogens with zero attached hydrogens (tertiary/aromatic N) is 1. The number of carbonyl (C=O) groups is 1. The van der Waals surface area contributed by atoms with Crippen LogP contribution in [0.25, 0.3) is 0 Å². The van der Waals surface area contributed by atoms with Gasteiger partial charge in [0.05, 0.1) is 24.7 Å². The summed E-state index contributed by atoms with van der Waals surface area (Å²) in [6, 6.07) is 2.17. The van der Waals surface area contributed by atoms with Crippen LogP contribution in [0.3, 0.4) is 0 Å². The molecule has 1 saturated heterocycles. The summed E-state index contributed by atoms with van der Waals surface area (Å²) < 4.78 is 5.44. The zero-order chi connectivity index (χ0) is 14.3. The van der Waals surface area contributed by atoms with Gasteiger partial charge in [0.2, 0.25) is 5.91 Å². The number of fused-ring (bicyclic) bond motifs is 1. The fraction of sp³-hybridized carbons (Fsp3) is 0.667. The van der Waals surface area contributed by atoms with Crippen LogP contribution in [-0.4, -0.2) is 36.6 Å². The SMILES string of the molecule is CCC1c2ccsc2CCN1C(=O)C1(C)COCC1N. The number of hydrogen-bond donors (Lipinski definition) is 1. The van der Waals surface area contributed by atoms with Crippen LogP contribution in [0.5, 0.6) is 0 Å². The molecule has 0 spiro atoms. The van der Waals surface area contributed by atoms with Gasteiger partial charge in [-0.3, -0.25) is 4.79 Å². The molecule has 1 aromatic rings. The fourth-order valence-electron chi connectivity index (χ4n) is 3.32. The first-order valence-corrected chi connectivity index (χ1v) is 8.16. The number of ether oxygens (including phenoxy) is 1. The minimum atomic E-state index is -0.569. The lowest BCUT2D eigenvalue weighted by atomic mass is 9.82. The average Bonchev–Trinajstić information content (AvgIpc) is 3.05. The Kier molecular flexibility index (Phi) is 3.60. The molecule has 1 amide bonds. The predicted molar refractivity (Wildman–Crippen MR) is 79.7 cm³/mol. The molecule has 20 heavy (non-hydrogen) atoms. The highest BCUT2D eigenvalue weighted by molar-refractivity contribution is 7.10. The fourth-order valence-corrected chi connectivity index (χ4v) is 4.25. The number of amides is 1. The van der Waals surface area contributed by atoms with Crippen molar-refractivity contribution in [2.24, 2.45) is 11.1 Å². The smallest absolute Gasteiger partial charge is 0.233 e. The minimum Gasteiger partial charge on any atom is -0.379 e. The monoisotopic (exact) mass is 294 g/mol. The van der Waals surface area contributed by atoms with Crippen LogP contribution in [-0.2, 0) is 16.0 Å². The van der Waals surface area contributed by atoms with Gasteiger partial charge in [0, 0.05) is 17.5 Å². The Morgan fingerprint density at radius 1 is 1.65 bits per heavy atom. The van der Waals surface area contributed by atoms with E-state index >= 15 is 0 Å². The summed E-state index contributed by atoms with van der Waals surface area (Å²) in [5, 5.41) is 2.13. The molecule has 2 N–H and O–H groups in total. The maximum absolute atomic E-state index is 13.0. The van der Waals surface area contributed by atoms with Crippen molar-refractivity contribution < 1.29 is 9.53 Å². The van der Waals surface area contributed by atoms with Gasteiger partial charge in [-0.1, -0.05) is 6.92 Å². The molecule has 3 atom stereocenters. The number of carbonyl (C=O) groups excluding carboxylic acids is 1. The maximum Gasteiger partial charge on any atom is 0.233 e. The van der Waals surface area contributed by atoms with Crippen molar-refractivity contribution in [1.82, 2.24) is 4.90 Å². The lowest BCUT2D eigenvalue weighted by Gasteiger charge is -2.40. The molecule has 3 heterocycles. The molecule has 5 heteroatoms. The molecule has 0 aromatic carbocycles. The first kappa shape index (κ1) is 14.0. The van der Waals surface area contributed by atoms with Crippen molar-refractivity contribution in [2.75, 3.05) is 19.8 Å². The normalized spacial score (nSPS) is 33.2. The summed E-state index contributed by atoms with van der Waals surface area (Å²) in [5.41, 5.74) is 6.87. The number of rotatable bonds is 2. The van der Waals surface area contributed by atoms with Crippen molar-refractivity contribution in [3.05, 3.63) is 21.9 Å². The van der Waals surface area contributed by atoms with E-state index in [1.165, 1.54) is 10.4 Å². The second-order valence-corrected chi connectivity index (χ2v) is 7.01.